The number of aromatic amines is 1. The van der Waals surface area contributed by atoms with Gasteiger partial charge in [0.15, 0.2) is 10.3 Å². The van der Waals surface area contributed by atoms with Crippen LogP contribution in [0.4, 0.5) is 5.13 Å². The largest absolute Gasteiger partial charge is 0.298 e. The first kappa shape index (κ1) is 17.4. The monoisotopic (exact) mass is 394 g/mol. The maximum atomic E-state index is 12.4. The Morgan fingerprint density at radius 3 is 2.74 bits per heavy atom. The van der Waals surface area contributed by atoms with Crippen molar-refractivity contribution in [2.24, 2.45) is 0 Å². The molecule has 0 bridgehead atoms. The van der Waals surface area contributed by atoms with Crippen molar-refractivity contribution in [3.63, 3.8) is 0 Å². The first-order chi connectivity index (χ1) is 13.3. The van der Waals surface area contributed by atoms with E-state index in [9.17, 15) is 4.79 Å². The zero-order valence-electron chi connectivity index (χ0n) is 14.0. The van der Waals surface area contributed by atoms with Crippen LogP contribution in [0, 0.1) is 0 Å². The Balaban J connectivity index is 1.37. The lowest BCUT2D eigenvalue weighted by Crippen LogP contribution is -2.11. The Morgan fingerprint density at radius 2 is 2.00 bits per heavy atom. The summed E-state index contributed by atoms with van der Waals surface area (Å²) < 4.78 is 0. The van der Waals surface area contributed by atoms with E-state index in [1.165, 1.54) is 17.7 Å². The smallest absolute Gasteiger partial charge is 0.257 e. The van der Waals surface area contributed by atoms with Gasteiger partial charge in [-0.2, -0.15) is 5.10 Å². The number of carbonyl (C=O) groups is 1. The molecule has 0 radical (unpaired) electrons. The van der Waals surface area contributed by atoms with E-state index in [0.29, 0.717) is 10.7 Å². The second kappa shape index (κ2) is 8.11. The number of anilines is 1. The van der Waals surface area contributed by atoms with Crippen LogP contribution in [0.1, 0.15) is 15.9 Å². The number of nitrogens with zero attached hydrogens (tertiary/aromatic N) is 4. The summed E-state index contributed by atoms with van der Waals surface area (Å²) in [5.41, 5.74) is 3.20. The summed E-state index contributed by atoms with van der Waals surface area (Å²) in [5.74, 6) is 0.558. The van der Waals surface area contributed by atoms with Gasteiger partial charge in [-0.3, -0.25) is 20.2 Å². The van der Waals surface area contributed by atoms with Gasteiger partial charge < -0.3 is 0 Å². The van der Waals surface area contributed by atoms with E-state index in [1.807, 2.05) is 35.7 Å². The van der Waals surface area contributed by atoms with Crippen LogP contribution in [-0.2, 0) is 5.75 Å². The molecule has 27 heavy (non-hydrogen) atoms. The van der Waals surface area contributed by atoms with Gasteiger partial charge in [0.25, 0.3) is 5.91 Å². The second-order valence-electron chi connectivity index (χ2n) is 5.48. The molecule has 0 aliphatic heterocycles. The lowest BCUT2D eigenvalue weighted by molar-refractivity contribution is 0.102. The van der Waals surface area contributed by atoms with Gasteiger partial charge in [-0.1, -0.05) is 30.0 Å². The molecule has 9 heteroatoms. The first-order valence-electron chi connectivity index (χ1n) is 8.03. The summed E-state index contributed by atoms with van der Waals surface area (Å²) in [6.07, 6.45) is 3.20. The van der Waals surface area contributed by atoms with E-state index in [1.54, 1.807) is 30.1 Å². The molecule has 0 atom stereocenters. The number of carbonyl (C=O) groups excluding carboxylic acids is 1. The minimum atomic E-state index is -0.189. The third-order valence-electron chi connectivity index (χ3n) is 3.64. The number of benzene rings is 1. The van der Waals surface area contributed by atoms with Crippen molar-refractivity contribution in [3.05, 3.63) is 71.5 Å². The van der Waals surface area contributed by atoms with Gasteiger partial charge in [-0.25, -0.2) is 9.97 Å². The molecule has 7 nitrogen and oxygen atoms in total. The highest BCUT2D eigenvalue weighted by Crippen LogP contribution is 2.24. The van der Waals surface area contributed by atoms with Gasteiger partial charge in [0.2, 0.25) is 0 Å². The Morgan fingerprint density at radius 1 is 1.11 bits per heavy atom. The van der Waals surface area contributed by atoms with Crippen LogP contribution in [0.2, 0.25) is 0 Å². The molecule has 0 spiro atoms. The maximum Gasteiger partial charge on any atom is 0.257 e. The topological polar surface area (TPSA) is 96.5 Å². The minimum Gasteiger partial charge on any atom is -0.298 e. The van der Waals surface area contributed by atoms with E-state index >= 15 is 0 Å². The van der Waals surface area contributed by atoms with E-state index in [2.05, 4.69) is 30.5 Å². The molecule has 134 valence electrons. The summed E-state index contributed by atoms with van der Waals surface area (Å²) >= 11 is 2.93. The van der Waals surface area contributed by atoms with Crippen molar-refractivity contribution >= 4 is 34.1 Å². The third kappa shape index (κ3) is 4.39. The Bertz CT molecular complexity index is 1020. The van der Waals surface area contributed by atoms with Gasteiger partial charge in [-0.05, 0) is 29.8 Å². The molecule has 4 rings (SSSR count). The molecule has 2 N–H and O–H groups in total. The average Bonchev–Trinajstić information content (AvgIpc) is 3.39. The fourth-order valence-corrected chi connectivity index (χ4v) is 3.73. The van der Waals surface area contributed by atoms with Gasteiger partial charge >= 0.3 is 0 Å². The standard InChI is InChI=1S/C18H14N6OS2/c25-16(23-18-22-15(10-27-18)14-3-1-2-8-19-14)13-6-4-12(5-7-13)9-26-17-20-11-21-24-17/h1-8,10-11H,9H2,(H,20,21,24)(H,22,23,25). The van der Waals surface area contributed by atoms with Crippen LogP contribution in [0.15, 0.2) is 65.5 Å². The Kier molecular flexibility index (Phi) is 5.22. The summed E-state index contributed by atoms with van der Waals surface area (Å²) in [4.78, 5) is 25.2. The number of rotatable bonds is 6. The number of hydrogen-bond donors (Lipinski definition) is 2. The normalized spacial score (nSPS) is 10.7. The highest BCUT2D eigenvalue weighted by Gasteiger charge is 2.10. The fourth-order valence-electron chi connectivity index (χ4n) is 2.30. The molecule has 0 saturated carbocycles. The number of aromatic nitrogens is 5. The molecule has 0 saturated heterocycles. The van der Waals surface area contributed by atoms with Gasteiger partial charge in [-0.15, -0.1) is 11.3 Å². The number of nitrogens with one attached hydrogen (secondary N) is 2. The SMILES string of the molecule is O=C(Nc1nc(-c2ccccn2)cs1)c1ccc(CSc2ncn[nH]2)cc1. The van der Waals surface area contributed by atoms with Crippen molar-refractivity contribution in [1.29, 1.82) is 0 Å². The third-order valence-corrected chi connectivity index (χ3v) is 5.34. The van der Waals surface area contributed by atoms with Crippen LogP contribution < -0.4 is 5.32 Å². The van der Waals surface area contributed by atoms with Crippen molar-refractivity contribution in [1.82, 2.24) is 25.1 Å². The molecule has 0 aliphatic carbocycles. The predicted molar refractivity (Wildman–Crippen MR) is 106 cm³/mol. The van der Waals surface area contributed by atoms with E-state index in [-0.39, 0.29) is 5.91 Å². The number of thioether (sulfide) groups is 1. The Labute approximate surface area is 163 Å². The number of pyridine rings is 1. The van der Waals surface area contributed by atoms with Crippen molar-refractivity contribution in [2.75, 3.05) is 5.32 Å². The predicted octanol–water partition coefficient (Wildman–Crippen LogP) is 3.87. The molecule has 3 aromatic heterocycles. The van der Waals surface area contributed by atoms with Crippen molar-refractivity contribution in [2.45, 2.75) is 10.9 Å². The van der Waals surface area contributed by atoms with E-state index in [4.69, 9.17) is 0 Å². The zero-order valence-corrected chi connectivity index (χ0v) is 15.6. The number of thiazole rings is 1. The highest BCUT2D eigenvalue weighted by molar-refractivity contribution is 7.98. The molecule has 1 aromatic carbocycles. The fraction of sp³-hybridized carbons (Fsp3) is 0.0556. The van der Waals surface area contributed by atoms with Crippen LogP contribution >= 0.6 is 23.1 Å². The lowest BCUT2D eigenvalue weighted by Gasteiger charge is -2.04. The molecule has 1 amide bonds. The van der Waals surface area contributed by atoms with Crippen LogP contribution in [0.25, 0.3) is 11.4 Å². The quantitative estimate of drug-likeness (QED) is 0.482. The molecule has 0 fully saturated rings. The van der Waals surface area contributed by atoms with Crippen LogP contribution in [0.5, 0.6) is 0 Å². The van der Waals surface area contributed by atoms with Gasteiger partial charge in [0.1, 0.15) is 12.0 Å². The molecule has 0 unspecified atom stereocenters. The van der Waals surface area contributed by atoms with Crippen molar-refractivity contribution in [3.8, 4) is 11.4 Å². The van der Waals surface area contributed by atoms with Crippen molar-refractivity contribution < 1.29 is 4.79 Å². The average molecular weight is 394 g/mol. The summed E-state index contributed by atoms with van der Waals surface area (Å²) in [6, 6.07) is 13.1. The highest BCUT2D eigenvalue weighted by atomic mass is 32.2. The number of hydrogen-bond acceptors (Lipinski definition) is 7. The number of H-pyrrole nitrogens is 1. The maximum absolute atomic E-state index is 12.4. The lowest BCUT2D eigenvalue weighted by atomic mass is 10.1. The van der Waals surface area contributed by atoms with E-state index < -0.39 is 0 Å². The summed E-state index contributed by atoms with van der Waals surface area (Å²) in [6.45, 7) is 0. The van der Waals surface area contributed by atoms with Gasteiger partial charge in [0.05, 0.1) is 5.69 Å². The summed E-state index contributed by atoms with van der Waals surface area (Å²) in [5, 5.41) is 12.6. The first-order valence-corrected chi connectivity index (χ1v) is 9.90. The second-order valence-corrected chi connectivity index (χ2v) is 7.31. The minimum absolute atomic E-state index is 0.189. The molecule has 3 heterocycles. The molecule has 4 aromatic rings. The summed E-state index contributed by atoms with van der Waals surface area (Å²) in [7, 11) is 0. The molecule has 0 aliphatic rings. The number of amides is 1. The molecular weight excluding hydrogens is 380 g/mol. The zero-order chi connectivity index (χ0) is 18.5. The van der Waals surface area contributed by atoms with Gasteiger partial charge in [0, 0.05) is 22.9 Å². The Hall–Kier alpha value is -3.04. The van der Waals surface area contributed by atoms with E-state index in [0.717, 1.165) is 27.9 Å². The molecular formula is C18H14N6OS2. The van der Waals surface area contributed by atoms with Crippen LogP contribution in [-0.4, -0.2) is 31.1 Å². The van der Waals surface area contributed by atoms with Crippen LogP contribution in [0.3, 0.4) is 0 Å².